The van der Waals surface area contributed by atoms with Crippen molar-refractivity contribution in [1.29, 1.82) is 0 Å². The number of nitrogens with two attached hydrogens (primary N) is 1. The molecule has 1 unspecified atom stereocenters. The summed E-state index contributed by atoms with van der Waals surface area (Å²) >= 11 is 0. The largest absolute Gasteiger partial charge is 0.497 e. The van der Waals surface area contributed by atoms with Crippen LogP contribution < -0.4 is 14.8 Å². The molecule has 0 aromatic heterocycles. The number of carbonyl (C=O) groups is 3. The van der Waals surface area contributed by atoms with Gasteiger partial charge in [0.15, 0.2) is 0 Å². The van der Waals surface area contributed by atoms with Crippen molar-refractivity contribution >= 4 is 33.4 Å². The predicted octanol–water partition coefficient (Wildman–Crippen LogP) is 1.30. The van der Waals surface area contributed by atoms with E-state index in [1.807, 2.05) is 0 Å². The van der Waals surface area contributed by atoms with E-state index in [-0.39, 0.29) is 23.5 Å². The Morgan fingerprint density at radius 3 is 2.32 bits per heavy atom. The van der Waals surface area contributed by atoms with Crippen LogP contribution in [0.3, 0.4) is 0 Å². The highest BCUT2D eigenvalue weighted by Crippen LogP contribution is 2.27. The number of sulfonamides is 1. The smallest absolute Gasteiger partial charge is 0.257 e. The molecule has 2 aromatic rings. The normalized spacial score (nSPS) is 16.3. The summed E-state index contributed by atoms with van der Waals surface area (Å²) in [5.41, 5.74) is 0.527. The predicted molar refractivity (Wildman–Crippen MR) is 113 cm³/mol. The maximum atomic E-state index is 13.1. The molecule has 1 aliphatic heterocycles. The van der Waals surface area contributed by atoms with Crippen molar-refractivity contribution in [3.8, 4) is 5.75 Å². The molecule has 0 radical (unpaired) electrons. The molecule has 10 heteroatoms. The number of nitrogens with zero attached hydrogens (tertiary/aromatic N) is 2. The van der Waals surface area contributed by atoms with E-state index in [1.54, 1.807) is 24.3 Å². The molecule has 9 nitrogen and oxygen atoms in total. The Morgan fingerprint density at radius 2 is 1.81 bits per heavy atom. The van der Waals surface area contributed by atoms with Crippen LogP contribution in [0.15, 0.2) is 66.1 Å². The third-order valence-electron chi connectivity index (χ3n) is 4.85. The Bertz CT molecular complexity index is 1130. The van der Waals surface area contributed by atoms with Gasteiger partial charge in [0.25, 0.3) is 11.8 Å². The molecule has 1 fully saturated rings. The minimum Gasteiger partial charge on any atom is -0.497 e. The Morgan fingerprint density at radius 1 is 1.19 bits per heavy atom. The lowest BCUT2D eigenvalue weighted by Crippen LogP contribution is -2.45. The average molecular weight is 443 g/mol. The summed E-state index contributed by atoms with van der Waals surface area (Å²) in [7, 11) is -2.40. The Kier molecular flexibility index (Phi) is 6.23. The first-order valence-electron chi connectivity index (χ1n) is 9.23. The van der Waals surface area contributed by atoms with Crippen molar-refractivity contribution in [2.45, 2.75) is 17.4 Å². The fourth-order valence-electron chi connectivity index (χ4n) is 3.31. The van der Waals surface area contributed by atoms with Crippen LogP contribution in [0, 0.1) is 0 Å². The molecule has 0 spiro atoms. The number of primary sulfonamides is 1. The molecule has 31 heavy (non-hydrogen) atoms. The minimum absolute atomic E-state index is 0.0622. The molecule has 162 valence electrons. The molecule has 1 aliphatic rings. The molecule has 2 aromatic carbocycles. The molecule has 2 N–H and O–H groups in total. The van der Waals surface area contributed by atoms with Crippen molar-refractivity contribution in [2.24, 2.45) is 5.14 Å². The molecular formula is C21H21N3O6S. The van der Waals surface area contributed by atoms with Gasteiger partial charge in [0.05, 0.1) is 24.1 Å². The number of ether oxygens (including phenoxy) is 1. The average Bonchev–Trinajstić information content (AvgIpc) is 3.04. The van der Waals surface area contributed by atoms with E-state index >= 15 is 0 Å². The Hall–Kier alpha value is -3.50. The van der Waals surface area contributed by atoms with E-state index in [0.717, 1.165) is 4.90 Å². The van der Waals surface area contributed by atoms with Crippen molar-refractivity contribution < 1.29 is 27.5 Å². The number of benzene rings is 2. The minimum atomic E-state index is -3.91. The van der Waals surface area contributed by atoms with Gasteiger partial charge in [-0.25, -0.2) is 18.5 Å². The van der Waals surface area contributed by atoms with E-state index in [9.17, 15) is 22.8 Å². The van der Waals surface area contributed by atoms with E-state index in [1.165, 1.54) is 42.4 Å². The number of carbonyl (C=O) groups excluding carboxylic acids is 3. The molecule has 0 bridgehead atoms. The van der Waals surface area contributed by atoms with Gasteiger partial charge in [-0.05, 0) is 48.5 Å². The molecule has 1 heterocycles. The fraction of sp³-hybridized carbons (Fsp3) is 0.190. The maximum Gasteiger partial charge on any atom is 0.257 e. The van der Waals surface area contributed by atoms with Crippen LogP contribution >= 0.6 is 0 Å². The van der Waals surface area contributed by atoms with Gasteiger partial charge in [0.2, 0.25) is 15.9 Å². The number of anilines is 1. The first-order valence-corrected chi connectivity index (χ1v) is 10.8. The highest BCUT2D eigenvalue weighted by Gasteiger charge is 2.44. The summed E-state index contributed by atoms with van der Waals surface area (Å²) in [6.07, 6.45) is 1.27. The van der Waals surface area contributed by atoms with Crippen molar-refractivity contribution in [1.82, 2.24) is 4.90 Å². The standard InChI is InChI=1S/C21H21N3O6S/c1-3-12-23(20(26)14-4-8-16(30-2)9-5-14)18-13-19(25)24(21(18)27)15-6-10-17(11-7-15)31(22,28)29/h3-11,18H,1,12-13H2,2H3,(H2,22,28,29). The maximum absolute atomic E-state index is 13.1. The molecule has 1 atom stereocenters. The Balaban J connectivity index is 1.88. The monoisotopic (exact) mass is 443 g/mol. The number of imide groups is 1. The van der Waals surface area contributed by atoms with Crippen LogP contribution in [0.4, 0.5) is 5.69 Å². The first-order chi connectivity index (χ1) is 14.7. The van der Waals surface area contributed by atoms with Crippen LogP contribution in [-0.2, 0) is 19.6 Å². The number of hydrogen-bond donors (Lipinski definition) is 1. The van der Waals surface area contributed by atoms with Crippen LogP contribution in [0.25, 0.3) is 0 Å². The SMILES string of the molecule is C=CCN(C(=O)c1ccc(OC)cc1)C1CC(=O)N(c2ccc(S(N)(=O)=O)cc2)C1=O. The second-order valence-electron chi connectivity index (χ2n) is 6.80. The van der Waals surface area contributed by atoms with Gasteiger partial charge in [-0.1, -0.05) is 6.08 Å². The summed E-state index contributed by atoms with van der Waals surface area (Å²) in [6, 6.07) is 10.4. The van der Waals surface area contributed by atoms with Crippen LogP contribution in [0.1, 0.15) is 16.8 Å². The first kappa shape index (κ1) is 22.2. The van der Waals surface area contributed by atoms with E-state index in [2.05, 4.69) is 6.58 Å². The number of amides is 3. The van der Waals surface area contributed by atoms with E-state index in [4.69, 9.17) is 9.88 Å². The van der Waals surface area contributed by atoms with Crippen LogP contribution in [0.5, 0.6) is 5.75 Å². The summed E-state index contributed by atoms with van der Waals surface area (Å²) in [6.45, 7) is 3.70. The van der Waals surface area contributed by atoms with Gasteiger partial charge in [-0.2, -0.15) is 0 Å². The zero-order valence-electron chi connectivity index (χ0n) is 16.7. The highest BCUT2D eigenvalue weighted by atomic mass is 32.2. The Labute approximate surface area is 179 Å². The second-order valence-corrected chi connectivity index (χ2v) is 8.36. The zero-order chi connectivity index (χ0) is 22.8. The molecular weight excluding hydrogens is 422 g/mol. The number of hydrogen-bond acceptors (Lipinski definition) is 6. The zero-order valence-corrected chi connectivity index (χ0v) is 17.5. The lowest BCUT2D eigenvalue weighted by Gasteiger charge is -2.26. The molecule has 3 amide bonds. The molecule has 1 saturated heterocycles. The van der Waals surface area contributed by atoms with Crippen molar-refractivity contribution in [3.63, 3.8) is 0 Å². The van der Waals surface area contributed by atoms with Gasteiger partial charge < -0.3 is 9.64 Å². The summed E-state index contributed by atoms with van der Waals surface area (Å²) < 4.78 is 27.9. The quantitative estimate of drug-likeness (QED) is 0.508. The van der Waals surface area contributed by atoms with Gasteiger partial charge in [0.1, 0.15) is 11.8 Å². The second kappa shape index (κ2) is 8.70. The third-order valence-corrected chi connectivity index (χ3v) is 5.78. The molecule has 0 saturated carbocycles. The lowest BCUT2D eigenvalue weighted by molar-refractivity contribution is -0.122. The summed E-state index contributed by atoms with van der Waals surface area (Å²) in [5.74, 6) is -0.944. The van der Waals surface area contributed by atoms with E-state index in [0.29, 0.717) is 11.3 Å². The summed E-state index contributed by atoms with van der Waals surface area (Å²) in [4.78, 5) is 40.8. The van der Waals surface area contributed by atoms with Crippen molar-refractivity contribution in [2.75, 3.05) is 18.6 Å². The van der Waals surface area contributed by atoms with Crippen LogP contribution in [0.2, 0.25) is 0 Å². The van der Waals surface area contributed by atoms with Gasteiger partial charge >= 0.3 is 0 Å². The summed E-state index contributed by atoms with van der Waals surface area (Å²) in [5, 5.41) is 5.08. The van der Waals surface area contributed by atoms with E-state index < -0.39 is 33.8 Å². The van der Waals surface area contributed by atoms with Gasteiger partial charge in [-0.15, -0.1) is 6.58 Å². The topological polar surface area (TPSA) is 127 Å². The highest BCUT2D eigenvalue weighted by molar-refractivity contribution is 7.89. The number of methoxy groups -OCH3 is 1. The number of rotatable bonds is 7. The third kappa shape index (κ3) is 4.49. The lowest BCUT2D eigenvalue weighted by atomic mass is 10.1. The van der Waals surface area contributed by atoms with Gasteiger partial charge in [-0.3, -0.25) is 14.4 Å². The van der Waals surface area contributed by atoms with Crippen LogP contribution in [-0.4, -0.2) is 50.7 Å². The van der Waals surface area contributed by atoms with Crippen molar-refractivity contribution in [3.05, 3.63) is 66.7 Å². The molecule has 3 rings (SSSR count). The molecule has 0 aliphatic carbocycles. The van der Waals surface area contributed by atoms with Gasteiger partial charge in [0, 0.05) is 12.1 Å². The fourth-order valence-corrected chi connectivity index (χ4v) is 3.82.